The second-order valence-electron chi connectivity index (χ2n) is 6.90. The zero-order chi connectivity index (χ0) is 18.4. The first-order valence-electron chi connectivity index (χ1n) is 9.28. The van der Waals surface area contributed by atoms with E-state index in [-0.39, 0.29) is 5.82 Å². The predicted molar refractivity (Wildman–Crippen MR) is 101 cm³/mol. The monoisotopic (exact) mass is 364 g/mol. The Morgan fingerprint density at radius 1 is 1.31 bits per heavy atom. The number of guanidine groups is 1. The number of nitrogens with zero attached hydrogens (tertiary/aromatic N) is 3. The number of halogens is 1. The first kappa shape index (κ1) is 18.9. The maximum absolute atomic E-state index is 14.5. The molecular formula is C19H29FN4O2. The summed E-state index contributed by atoms with van der Waals surface area (Å²) in [6.45, 7) is 5.87. The summed E-state index contributed by atoms with van der Waals surface area (Å²) in [7, 11) is 3.79. The molecule has 0 aromatic heterocycles. The number of benzene rings is 1. The Morgan fingerprint density at radius 2 is 2.12 bits per heavy atom. The van der Waals surface area contributed by atoms with Crippen molar-refractivity contribution in [3.05, 3.63) is 29.6 Å². The van der Waals surface area contributed by atoms with Gasteiger partial charge in [0.2, 0.25) is 0 Å². The topological polar surface area (TPSA) is 49.3 Å². The third kappa shape index (κ3) is 4.86. The van der Waals surface area contributed by atoms with Gasteiger partial charge in [-0.05, 0) is 24.1 Å². The van der Waals surface area contributed by atoms with Crippen molar-refractivity contribution in [3.63, 3.8) is 0 Å². The number of aliphatic imine (C=N–C) groups is 1. The van der Waals surface area contributed by atoms with Crippen LogP contribution in [0.15, 0.2) is 23.2 Å². The van der Waals surface area contributed by atoms with E-state index in [0.29, 0.717) is 31.4 Å². The Balaban J connectivity index is 1.55. The predicted octanol–water partition coefficient (Wildman–Crippen LogP) is 1.71. The molecule has 7 heteroatoms. The Hall–Kier alpha value is -1.86. The highest BCUT2D eigenvalue weighted by Gasteiger charge is 2.19. The smallest absolute Gasteiger partial charge is 0.193 e. The SMILES string of the molecule is CN=C(NCc1ccc(N2CCOCC2)c(F)c1)N(C)CC1CCOC1. The van der Waals surface area contributed by atoms with Gasteiger partial charge in [0, 0.05) is 52.8 Å². The van der Waals surface area contributed by atoms with Gasteiger partial charge in [-0.15, -0.1) is 0 Å². The van der Waals surface area contributed by atoms with Crippen molar-refractivity contribution in [2.45, 2.75) is 13.0 Å². The molecule has 2 heterocycles. The normalized spacial score (nSPS) is 21.1. The summed E-state index contributed by atoms with van der Waals surface area (Å²) in [5.41, 5.74) is 1.55. The van der Waals surface area contributed by atoms with E-state index in [4.69, 9.17) is 9.47 Å². The van der Waals surface area contributed by atoms with Crippen molar-refractivity contribution in [2.24, 2.45) is 10.9 Å². The van der Waals surface area contributed by atoms with E-state index in [1.807, 2.05) is 24.1 Å². The number of morpholine rings is 1. The molecular weight excluding hydrogens is 335 g/mol. The van der Waals surface area contributed by atoms with Crippen LogP contribution in [0.2, 0.25) is 0 Å². The van der Waals surface area contributed by atoms with Crippen molar-refractivity contribution < 1.29 is 13.9 Å². The molecule has 26 heavy (non-hydrogen) atoms. The average molecular weight is 364 g/mol. The lowest BCUT2D eigenvalue weighted by Crippen LogP contribution is -2.41. The van der Waals surface area contributed by atoms with E-state index >= 15 is 0 Å². The summed E-state index contributed by atoms with van der Waals surface area (Å²) in [5.74, 6) is 1.18. The maximum Gasteiger partial charge on any atom is 0.193 e. The third-order valence-electron chi connectivity index (χ3n) is 4.94. The van der Waals surface area contributed by atoms with Crippen LogP contribution in [0.4, 0.5) is 10.1 Å². The highest BCUT2D eigenvalue weighted by molar-refractivity contribution is 5.79. The Labute approximate surface area is 155 Å². The highest BCUT2D eigenvalue weighted by Crippen LogP contribution is 2.21. The van der Waals surface area contributed by atoms with Crippen molar-refractivity contribution in [1.82, 2.24) is 10.2 Å². The van der Waals surface area contributed by atoms with Gasteiger partial charge in [-0.3, -0.25) is 4.99 Å². The molecule has 1 aromatic carbocycles. The van der Waals surface area contributed by atoms with Crippen LogP contribution in [0, 0.1) is 11.7 Å². The van der Waals surface area contributed by atoms with Crippen molar-refractivity contribution in [1.29, 1.82) is 0 Å². The molecule has 0 spiro atoms. The molecule has 2 saturated heterocycles. The zero-order valence-corrected chi connectivity index (χ0v) is 15.7. The number of ether oxygens (including phenoxy) is 2. The second-order valence-corrected chi connectivity index (χ2v) is 6.90. The Morgan fingerprint density at radius 3 is 2.77 bits per heavy atom. The van der Waals surface area contributed by atoms with E-state index < -0.39 is 0 Å². The molecule has 0 amide bonds. The van der Waals surface area contributed by atoms with Crippen LogP contribution < -0.4 is 10.2 Å². The molecule has 2 aliphatic rings. The van der Waals surface area contributed by atoms with Crippen LogP contribution in [0.5, 0.6) is 0 Å². The van der Waals surface area contributed by atoms with Gasteiger partial charge in [0.15, 0.2) is 5.96 Å². The molecule has 2 fully saturated rings. The van der Waals surface area contributed by atoms with Gasteiger partial charge in [-0.25, -0.2) is 4.39 Å². The van der Waals surface area contributed by atoms with Crippen molar-refractivity contribution in [2.75, 3.05) is 65.1 Å². The highest BCUT2D eigenvalue weighted by atomic mass is 19.1. The van der Waals surface area contributed by atoms with Crippen LogP contribution >= 0.6 is 0 Å². The van der Waals surface area contributed by atoms with Gasteiger partial charge >= 0.3 is 0 Å². The molecule has 3 rings (SSSR count). The molecule has 1 aromatic rings. The van der Waals surface area contributed by atoms with E-state index in [1.54, 1.807) is 13.1 Å². The van der Waals surface area contributed by atoms with Gasteiger partial charge in [-0.2, -0.15) is 0 Å². The van der Waals surface area contributed by atoms with Gasteiger partial charge in [0.1, 0.15) is 5.82 Å². The lowest BCUT2D eigenvalue weighted by molar-refractivity contribution is 0.122. The molecule has 1 atom stereocenters. The summed E-state index contributed by atoms with van der Waals surface area (Å²) >= 11 is 0. The van der Waals surface area contributed by atoms with Gasteiger partial charge in [-0.1, -0.05) is 6.07 Å². The standard InChI is InChI=1S/C19H29FN4O2/c1-21-19(23(2)13-16-5-8-26-14-16)22-12-15-3-4-18(17(20)11-15)24-6-9-25-10-7-24/h3-4,11,16H,5-10,12-14H2,1-2H3,(H,21,22). The summed E-state index contributed by atoms with van der Waals surface area (Å²) in [5, 5.41) is 3.32. The largest absolute Gasteiger partial charge is 0.381 e. The molecule has 0 radical (unpaired) electrons. The Bertz CT molecular complexity index is 614. The lowest BCUT2D eigenvalue weighted by atomic mass is 10.1. The zero-order valence-electron chi connectivity index (χ0n) is 15.7. The number of hydrogen-bond donors (Lipinski definition) is 1. The number of anilines is 1. The minimum absolute atomic E-state index is 0.183. The van der Waals surface area contributed by atoms with E-state index in [0.717, 1.165) is 50.8 Å². The Kier molecular flexibility index (Phi) is 6.68. The van der Waals surface area contributed by atoms with Gasteiger partial charge in [0.05, 0.1) is 25.5 Å². The molecule has 2 aliphatic heterocycles. The van der Waals surface area contributed by atoms with Crippen LogP contribution in [0.3, 0.4) is 0 Å². The van der Waals surface area contributed by atoms with E-state index in [1.165, 1.54) is 0 Å². The van der Waals surface area contributed by atoms with Crippen LogP contribution in [-0.2, 0) is 16.0 Å². The molecule has 1 unspecified atom stereocenters. The van der Waals surface area contributed by atoms with E-state index in [9.17, 15) is 4.39 Å². The number of nitrogens with one attached hydrogen (secondary N) is 1. The van der Waals surface area contributed by atoms with Crippen LogP contribution in [-0.4, -0.2) is 71.0 Å². The fourth-order valence-corrected chi connectivity index (χ4v) is 3.49. The second kappa shape index (κ2) is 9.19. The fraction of sp³-hybridized carbons (Fsp3) is 0.632. The van der Waals surface area contributed by atoms with Crippen LogP contribution in [0.25, 0.3) is 0 Å². The van der Waals surface area contributed by atoms with Crippen LogP contribution in [0.1, 0.15) is 12.0 Å². The van der Waals surface area contributed by atoms with Crippen molar-refractivity contribution >= 4 is 11.6 Å². The third-order valence-corrected chi connectivity index (χ3v) is 4.94. The number of rotatable bonds is 5. The molecule has 1 N–H and O–H groups in total. The van der Waals surface area contributed by atoms with Gasteiger partial charge < -0.3 is 24.6 Å². The van der Waals surface area contributed by atoms with Gasteiger partial charge in [0.25, 0.3) is 0 Å². The quantitative estimate of drug-likeness (QED) is 0.637. The molecule has 6 nitrogen and oxygen atoms in total. The average Bonchev–Trinajstić information content (AvgIpc) is 3.16. The molecule has 0 saturated carbocycles. The molecule has 0 aliphatic carbocycles. The lowest BCUT2D eigenvalue weighted by Gasteiger charge is -2.29. The minimum atomic E-state index is -0.183. The minimum Gasteiger partial charge on any atom is -0.381 e. The summed E-state index contributed by atoms with van der Waals surface area (Å²) in [6, 6.07) is 5.44. The maximum atomic E-state index is 14.5. The fourth-order valence-electron chi connectivity index (χ4n) is 3.49. The summed E-state index contributed by atoms with van der Waals surface area (Å²) in [6.07, 6.45) is 1.09. The summed E-state index contributed by atoms with van der Waals surface area (Å²) in [4.78, 5) is 8.48. The number of hydrogen-bond acceptors (Lipinski definition) is 4. The molecule has 0 bridgehead atoms. The molecule has 144 valence electrons. The van der Waals surface area contributed by atoms with E-state index in [2.05, 4.69) is 15.2 Å². The first-order chi connectivity index (χ1) is 12.7. The first-order valence-corrected chi connectivity index (χ1v) is 9.28. The summed E-state index contributed by atoms with van der Waals surface area (Å²) < 4.78 is 25.3. The van der Waals surface area contributed by atoms with Crippen molar-refractivity contribution in [3.8, 4) is 0 Å².